The minimum atomic E-state index is -0.605. The maximum atomic E-state index is 13.5. The topological polar surface area (TPSA) is 54.0 Å². The Morgan fingerprint density at radius 2 is 2.05 bits per heavy atom. The molecule has 2 amide bonds. The molecule has 4 nitrogen and oxygen atoms in total. The van der Waals surface area contributed by atoms with Gasteiger partial charge in [0.05, 0.1) is 5.69 Å². The normalized spacial score (nSPS) is 10.1. The smallest absolute Gasteiger partial charge is 0.305 e. The summed E-state index contributed by atoms with van der Waals surface area (Å²) in [6, 6.07) is 6.74. The third-order valence-electron chi connectivity index (χ3n) is 2.15. The Labute approximate surface area is 122 Å². The van der Waals surface area contributed by atoms with Crippen LogP contribution in [-0.4, -0.2) is 11.0 Å². The van der Waals surface area contributed by atoms with Crippen LogP contribution in [0.1, 0.15) is 0 Å². The van der Waals surface area contributed by atoms with Crippen LogP contribution in [0.4, 0.5) is 20.7 Å². The molecule has 98 valence electrons. The van der Waals surface area contributed by atoms with Crippen molar-refractivity contribution in [3.63, 3.8) is 0 Å². The molecule has 0 bridgehead atoms. The van der Waals surface area contributed by atoms with Crippen LogP contribution in [0, 0.1) is 5.82 Å². The Morgan fingerprint density at radius 3 is 2.68 bits per heavy atom. The number of hydrogen-bond acceptors (Lipinski definition) is 2. The zero-order valence-corrected chi connectivity index (χ0v) is 11.8. The van der Waals surface area contributed by atoms with Crippen molar-refractivity contribution in [2.75, 3.05) is 10.6 Å². The van der Waals surface area contributed by atoms with Gasteiger partial charge in [0.15, 0.2) is 0 Å². The van der Waals surface area contributed by atoms with E-state index in [4.69, 9.17) is 11.6 Å². The van der Waals surface area contributed by atoms with Crippen molar-refractivity contribution in [3.05, 3.63) is 51.8 Å². The van der Waals surface area contributed by atoms with Gasteiger partial charge in [0, 0.05) is 15.7 Å². The van der Waals surface area contributed by atoms with E-state index >= 15 is 0 Å². The lowest BCUT2D eigenvalue weighted by Crippen LogP contribution is -2.20. The highest BCUT2D eigenvalue weighted by atomic mass is 79.9. The monoisotopic (exact) mass is 343 g/mol. The predicted molar refractivity (Wildman–Crippen MR) is 76.0 cm³/mol. The van der Waals surface area contributed by atoms with Crippen LogP contribution in [0.3, 0.4) is 0 Å². The lowest BCUT2D eigenvalue weighted by molar-refractivity contribution is 0.262. The maximum absolute atomic E-state index is 13.5. The van der Waals surface area contributed by atoms with Crippen molar-refractivity contribution in [3.8, 4) is 0 Å². The molecule has 0 fully saturated rings. The van der Waals surface area contributed by atoms with Gasteiger partial charge in [-0.05, 0) is 46.3 Å². The molecular formula is C12H8BrClFN3O. The van der Waals surface area contributed by atoms with Crippen molar-refractivity contribution in [2.24, 2.45) is 0 Å². The fourth-order valence-corrected chi connectivity index (χ4v) is 1.70. The van der Waals surface area contributed by atoms with Crippen LogP contribution in [0.5, 0.6) is 0 Å². The molecule has 0 aliphatic heterocycles. The Morgan fingerprint density at radius 1 is 1.26 bits per heavy atom. The first-order valence-corrected chi connectivity index (χ1v) is 6.36. The molecule has 2 rings (SSSR count). The number of benzene rings is 1. The first-order chi connectivity index (χ1) is 9.04. The first kappa shape index (κ1) is 13.8. The molecule has 0 radical (unpaired) electrons. The molecule has 0 atom stereocenters. The molecule has 0 unspecified atom stereocenters. The number of amides is 2. The summed E-state index contributed by atoms with van der Waals surface area (Å²) < 4.78 is 14.2. The van der Waals surface area contributed by atoms with Crippen LogP contribution < -0.4 is 10.6 Å². The highest BCUT2D eigenvalue weighted by molar-refractivity contribution is 9.10. The second kappa shape index (κ2) is 5.99. The molecule has 1 aromatic carbocycles. The van der Waals surface area contributed by atoms with Gasteiger partial charge in [-0.2, -0.15) is 0 Å². The van der Waals surface area contributed by atoms with Crippen molar-refractivity contribution < 1.29 is 9.18 Å². The zero-order chi connectivity index (χ0) is 13.8. The summed E-state index contributed by atoms with van der Waals surface area (Å²) in [6.45, 7) is 0. The van der Waals surface area contributed by atoms with Gasteiger partial charge in [0.25, 0.3) is 0 Å². The third kappa shape index (κ3) is 3.90. The number of nitrogens with one attached hydrogen (secondary N) is 2. The van der Waals surface area contributed by atoms with Gasteiger partial charge in [0.2, 0.25) is 0 Å². The average Bonchev–Trinajstić information content (AvgIpc) is 2.36. The quantitative estimate of drug-likeness (QED) is 0.854. The van der Waals surface area contributed by atoms with Gasteiger partial charge in [-0.1, -0.05) is 11.6 Å². The fraction of sp³-hybridized carbons (Fsp3) is 0. The minimum Gasteiger partial charge on any atom is -0.305 e. The molecule has 1 aromatic heterocycles. The summed E-state index contributed by atoms with van der Waals surface area (Å²) in [5.41, 5.74) is 0.0408. The standard InChI is InChI=1S/C12H8BrClFN3O/c13-7-1-4-11(16-6-7)18-12(19)17-10-3-2-8(14)5-9(10)15/h1-6H,(H2,16,17,18,19). The molecule has 0 spiro atoms. The largest absolute Gasteiger partial charge is 0.324 e. The van der Waals surface area contributed by atoms with E-state index in [-0.39, 0.29) is 10.7 Å². The second-order valence-electron chi connectivity index (χ2n) is 3.56. The Hall–Kier alpha value is -1.66. The van der Waals surface area contributed by atoms with Crippen molar-refractivity contribution in [1.29, 1.82) is 0 Å². The van der Waals surface area contributed by atoms with Gasteiger partial charge in [-0.3, -0.25) is 5.32 Å². The van der Waals surface area contributed by atoms with Gasteiger partial charge in [-0.15, -0.1) is 0 Å². The summed E-state index contributed by atoms with van der Waals surface area (Å²) in [7, 11) is 0. The lowest BCUT2D eigenvalue weighted by Gasteiger charge is -2.08. The number of halogens is 3. The Kier molecular flexibility index (Phi) is 4.34. The molecule has 19 heavy (non-hydrogen) atoms. The van der Waals surface area contributed by atoms with Crippen LogP contribution in [-0.2, 0) is 0 Å². The van der Waals surface area contributed by atoms with Gasteiger partial charge in [0.1, 0.15) is 11.6 Å². The van der Waals surface area contributed by atoms with E-state index in [2.05, 4.69) is 31.5 Å². The van der Waals surface area contributed by atoms with E-state index < -0.39 is 11.8 Å². The Bertz CT molecular complexity index is 606. The molecule has 0 saturated heterocycles. The van der Waals surface area contributed by atoms with E-state index in [1.54, 1.807) is 18.3 Å². The number of aromatic nitrogens is 1. The number of anilines is 2. The second-order valence-corrected chi connectivity index (χ2v) is 4.92. The van der Waals surface area contributed by atoms with Gasteiger partial charge < -0.3 is 5.32 Å². The van der Waals surface area contributed by atoms with E-state index in [0.29, 0.717) is 5.82 Å². The molecule has 2 N–H and O–H groups in total. The first-order valence-electron chi connectivity index (χ1n) is 5.19. The number of urea groups is 1. The van der Waals surface area contributed by atoms with Gasteiger partial charge in [-0.25, -0.2) is 14.2 Å². The number of rotatable bonds is 2. The highest BCUT2D eigenvalue weighted by Crippen LogP contribution is 2.19. The number of nitrogens with zero attached hydrogens (tertiary/aromatic N) is 1. The molecule has 0 aliphatic rings. The number of carbonyl (C=O) groups is 1. The summed E-state index contributed by atoms with van der Waals surface area (Å²) in [4.78, 5) is 15.6. The molecule has 1 heterocycles. The van der Waals surface area contributed by atoms with Crippen LogP contribution in [0.25, 0.3) is 0 Å². The fourth-order valence-electron chi connectivity index (χ4n) is 1.31. The van der Waals surface area contributed by atoms with E-state index in [0.717, 1.165) is 10.5 Å². The number of carbonyl (C=O) groups excluding carboxylic acids is 1. The molecule has 7 heteroatoms. The molecular weight excluding hydrogens is 337 g/mol. The molecule has 2 aromatic rings. The highest BCUT2D eigenvalue weighted by Gasteiger charge is 2.08. The van der Waals surface area contributed by atoms with Crippen molar-refractivity contribution in [2.45, 2.75) is 0 Å². The SMILES string of the molecule is O=C(Nc1ccc(Br)cn1)Nc1ccc(Cl)cc1F. The maximum Gasteiger partial charge on any atom is 0.324 e. The summed E-state index contributed by atoms with van der Waals surface area (Å²) in [5.74, 6) is -0.249. The van der Waals surface area contributed by atoms with E-state index in [9.17, 15) is 9.18 Å². The lowest BCUT2D eigenvalue weighted by atomic mass is 10.3. The average molecular weight is 345 g/mol. The van der Waals surface area contributed by atoms with Crippen LogP contribution in [0.2, 0.25) is 5.02 Å². The predicted octanol–water partition coefficient (Wildman–Crippen LogP) is 4.28. The molecule has 0 aliphatic carbocycles. The van der Waals surface area contributed by atoms with Crippen LogP contribution >= 0.6 is 27.5 Å². The van der Waals surface area contributed by atoms with Gasteiger partial charge >= 0.3 is 6.03 Å². The summed E-state index contributed by atoms with van der Waals surface area (Å²) >= 11 is 8.84. The van der Waals surface area contributed by atoms with E-state index in [1.165, 1.54) is 12.1 Å². The van der Waals surface area contributed by atoms with Crippen LogP contribution in [0.15, 0.2) is 41.0 Å². The Balaban J connectivity index is 2.03. The summed E-state index contributed by atoms with van der Waals surface area (Å²) in [5, 5.41) is 5.10. The molecule has 0 saturated carbocycles. The van der Waals surface area contributed by atoms with Crippen molar-refractivity contribution in [1.82, 2.24) is 4.98 Å². The minimum absolute atomic E-state index is 0.0408. The zero-order valence-electron chi connectivity index (χ0n) is 9.45. The van der Waals surface area contributed by atoms with Crippen molar-refractivity contribution >= 4 is 45.1 Å². The third-order valence-corrected chi connectivity index (χ3v) is 2.85. The van der Waals surface area contributed by atoms with E-state index in [1.807, 2.05) is 0 Å². The summed E-state index contributed by atoms with van der Waals surface area (Å²) in [6.07, 6.45) is 1.54. The number of pyridine rings is 1. The number of hydrogen-bond donors (Lipinski definition) is 2.